The van der Waals surface area contributed by atoms with Crippen LogP contribution in [0.15, 0.2) is 40.2 Å². The molecule has 0 aromatic heterocycles. The van der Waals surface area contributed by atoms with Crippen LogP contribution in [0.4, 0.5) is 0 Å². The van der Waals surface area contributed by atoms with Gasteiger partial charge in [-0.05, 0) is 37.3 Å². The van der Waals surface area contributed by atoms with Gasteiger partial charge in [0.2, 0.25) is 5.91 Å². The molecule has 1 fully saturated rings. The molecule has 0 aliphatic carbocycles. The van der Waals surface area contributed by atoms with Gasteiger partial charge >= 0.3 is 0 Å². The molecule has 1 amide bonds. The molecule has 0 spiro atoms. The number of benzene rings is 1. The number of carbonyl (C=O) groups excluding carboxylic acids is 1. The van der Waals surface area contributed by atoms with Gasteiger partial charge < -0.3 is 16.0 Å². The molecule has 9 heteroatoms. The molecule has 158 valence electrons. The van der Waals surface area contributed by atoms with Crippen molar-refractivity contribution in [2.45, 2.75) is 43.5 Å². The first-order chi connectivity index (χ1) is 12.9. The first-order valence-corrected chi connectivity index (χ1v) is 11.0. The van der Waals surface area contributed by atoms with Crippen LogP contribution in [0.2, 0.25) is 0 Å². The van der Waals surface area contributed by atoms with E-state index in [9.17, 15) is 13.2 Å². The summed E-state index contributed by atoms with van der Waals surface area (Å²) < 4.78 is 25.4. The van der Waals surface area contributed by atoms with Gasteiger partial charge in [-0.15, -0.1) is 24.0 Å². The Kier molecular flexibility index (Phi) is 10.2. The Labute approximate surface area is 185 Å². The molecule has 3 N–H and O–H groups in total. The van der Waals surface area contributed by atoms with Crippen molar-refractivity contribution in [3.63, 3.8) is 0 Å². The minimum Gasteiger partial charge on any atom is -0.370 e. The number of piperidine rings is 1. The Morgan fingerprint density at radius 1 is 1.36 bits per heavy atom. The average molecular weight is 522 g/mol. The second-order valence-electron chi connectivity index (χ2n) is 7.02. The number of halogens is 1. The predicted octanol–water partition coefficient (Wildman–Crippen LogP) is 2.02. The Balaban J connectivity index is 0.00000392. The number of amides is 1. The lowest BCUT2D eigenvalue weighted by atomic mass is 9.95. The fourth-order valence-electron chi connectivity index (χ4n) is 3.44. The summed E-state index contributed by atoms with van der Waals surface area (Å²) in [4.78, 5) is 18.0. The van der Waals surface area contributed by atoms with E-state index in [-0.39, 0.29) is 47.6 Å². The van der Waals surface area contributed by atoms with Crippen LogP contribution >= 0.6 is 24.0 Å². The van der Waals surface area contributed by atoms with Crippen molar-refractivity contribution in [3.8, 4) is 0 Å². The van der Waals surface area contributed by atoms with E-state index in [0.29, 0.717) is 30.2 Å². The molecule has 1 aliphatic heterocycles. The van der Waals surface area contributed by atoms with E-state index in [0.717, 1.165) is 19.4 Å². The number of hydrogen-bond donors (Lipinski definition) is 2. The molecule has 0 bridgehead atoms. The number of carbonyl (C=O) groups is 1. The predicted molar refractivity (Wildman–Crippen MR) is 123 cm³/mol. The second kappa shape index (κ2) is 11.6. The summed E-state index contributed by atoms with van der Waals surface area (Å²) in [6, 6.07) is 8.26. The molecule has 2 unspecified atom stereocenters. The zero-order valence-electron chi connectivity index (χ0n) is 16.5. The fraction of sp³-hybridized carbons (Fsp3) is 0.579. The molecular formula is C19H31IN4O3S. The highest BCUT2D eigenvalue weighted by molar-refractivity contribution is 14.0. The van der Waals surface area contributed by atoms with Crippen molar-refractivity contribution >= 4 is 45.7 Å². The lowest BCUT2D eigenvalue weighted by molar-refractivity contribution is -0.119. The van der Waals surface area contributed by atoms with E-state index in [4.69, 9.17) is 5.73 Å². The maximum absolute atomic E-state index is 12.7. The third-order valence-corrected chi connectivity index (χ3v) is 6.70. The number of sulfone groups is 1. The van der Waals surface area contributed by atoms with Crippen molar-refractivity contribution in [3.05, 3.63) is 30.3 Å². The van der Waals surface area contributed by atoms with Crippen molar-refractivity contribution < 1.29 is 13.2 Å². The van der Waals surface area contributed by atoms with Crippen LogP contribution in [0.1, 0.15) is 32.6 Å². The summed E-state index contributed by atoms with van der Waals surface area (Å²) >= 11 is 0. The third-order valence-electron chi connectivity index (χ3n) is 4.87. The number of likely N-dealkylation sites (tertiary alicyclic amines) is 1. The van der Waals surface area contributed by atoms with E-state index >= 15 is 0 Å². The zero-order chi connectivity index (χ0) is 19.9. The van der Waals surface area contributed by atoms with Crippen LogP contribution in [0, 0.1) is 5.92 Å². The molecule has 1 heterocycles. The number of nitrogens with two attached hydrogens (primary N) is 1. The van der Waals surface area contributed by atoms with Crippen molar-refractivity contribution in [1.82, 2.24) is 10.2 Å². The van der Waals surface area contributed by atoms with Crippen LogP contribution < -0.4 is 11.1 Å². The SMILES string of the molecule is CCC(CS(=O)(=O)c1ccccc1)NC(=NC)N1CCCC(CC(N)=O)C1.I. The van der Waals surface area contributed by atoms with Gasteiger partial charge in [0.1, 0.15) is 0 Å². The average Bonchev–Trinajstić information content (AvgIpc) is 2.65. The molecule has 0 saturated carbocycles. The number of rotatable bonds is 7. The van der Waals surface area contributed by atoms with E-state index in [1.54, 1.807) is 37.4 Å². The van der Waals surface area contributed by atoms with Gasteiger partial charge in [-0.3, -0.25) is 9.79 Å². The van der Waals surface area contributed by atoms with Crippen LogP contribution in [0.5, 0.6) is 0 Å². The largest absolute Gasteiger partial charge is 0.370 e. The first kappa shape index (κ1) is 24.7. The van der Waals surface area contributed by atoms with Gasteiger partial charge in [-0.25, -0.2) is 8.42 Å². The Hall–Kier alpha value is -1.36. The topological polar surface area (TPSA) is 105 Å². The van der Waals surface area contributed by atoms with E-state index in [2.05, 4.69) is 15.2 Å². The highest BCUT2D eigenvalue weighted by Crippen LogP contribution is 2.20. The zero-order valence-corrected chi connectivity index (χ0v) is 19.7. The maximum Gasteiger partial charge on any atom is 0.217 e. The lowest BCUT2D eigenvalue weighted by Crippen LogP contribution is -2.51. The maximum atomic E-state index is 12.7. The smallest absolute Gasteiger partial charge is 0.217 e. The third kappa shape index (κ3) is 7.23. The molecule has 2 atom stereocenters. The van der Waals surface area contributed by atoms with Gasteiger partial charge in [-0.1, -0.05) is 25.1 Å². The van der Waals surface area contributed by atoms with Crippen LogP contribution in [0.25, 0.3) is 0 Å². The fourth-order valence-corrected chi connectivity index (χ4v) is 5.05. The molecule has 28 heavy (non-hydrogen) atoms. The van der Waals surface area contributed by atoms with Gasteiger partial charge in [0.25, 0.3) is 0 Å². The monoisotopic (exact) mass is 522 g/mol. The van der Waals surface area contributed by atoms with E-state index < -0.39 is 9.84 Å². The summed E-state index contributed by atoms with van der Waals surface area (Å²) in [6.45, 7) is 3.48. The molecule has 1 saturated heterocycles. The normalized spacial score (nSPS) is 18.9. The quantitative estimate of drug-likeness (QED) is 0.324. The summed E-state index contributed by atoms with van der Waals surface area (Å²) in [6.07, 6.45) is 2.95. The highest BCUT2D eigenvalue weighted by atomic mass is 127. The molecular weight excluding hydrogens is 491 g/mol. The van der Waals surface area contributed by atoms with Crippen LogP contribution in [-0.4, -0.2) is 57.1 Å². The van der Waals surface area contributed by atoms with E-state index in [1.165, 1.54) is 0 Å². The second-order valence-corrected chi connectivity index (χ2v) is 9.05. The van der Waals surface area contributed by atoms with Crippen LogP contribution in [0.3, 0.4) is 0 Å². The van der Waals surface area contributed by atoms with Gasteiger partial charge in [0.05, 0.1) is 10.6 Å². The number of aliphatic imine (C=N–C) groups is 1. The Morgan fingerprint density at radius 2 is 2.04 bits per heavy atom. The van der Waals surface area contributed by atoms with Gasteiger partial charge in [0, 0.05) is 32.6 Å². The van der Waals surface area contributed by atoms with Crippen molar-refractivity contribution in [2.24, 2.45) is 16.6 Å². The summed E-state index contributed by atoms with van der Waals surface area (Å²) in [5.74, 6) is 0.609. The minimum absolute atomic E-state index is 0. The molecule has 1 aromatic carbocycles. The lowest BCUT2D eigenvalue weighted by Gasteiger charge is -2.36. The molecule has 7 nitrogen and oxygen atoms in total. The van der Waals surface area contributed by atoms with E-state index in [1.807, 2.05) is 6.92 Å². The number of primary amides is 1. The number of nitrogens with one attached hydrogen (secondary N) is 1. The summed E-state index contributed by atoms with van der Waals surface area (Å²) in [5.41, 5.74) is 5.33. The Morgan fingerprint density at radius 3 is 2.61 bits per heavy atom. The highest BCUT2D eigenvalue weighted by Gasteiger charge is 2.26. The molecule has 2 rings (SSSR count). The first-order valence-electron chi connectivity index (χ1n) is 9.40. The van der Waals surface area contributed by atoms with Crippen molar-refractivity contribution in [1.29, 1.82) is 0 Å². The van der Waals surface area contributed by atoms with Gasteiger partial charge in [0.15, 0.2) is 15.8 Å². The van der Waals surface area contributed by atoms with Crippen LogP contribution in [-0.2, 0) is 14.6 Å². The van der Waals surface area contributed by atoms with Crippen molar-refractivity contribution in [2.75, 3.05) is 25.9 Å². The molecule has 1 aromatic rings. The Bertz CT molecular complexity index is 756. The molecule has 0 radical (unpaired) electrons. The number of guanidine groups is 1. The molecule has 1 aliphatic rings. The minimum atomic E-state index is -3.38. The van der Waals surface area contributed by atoms with Gasteiger partial charge in [-0.2, -0.15) is 0 Å². The standard InChI is InChI=1S/C19H30N4O3S.HI/c1-3-16(14-27(25,26)17-9-5-4-6-10-17)22-19(21-2)23-11-7-8-15(13-23)12-18(20)24;/h4-6,9-10,15-16H,3,7-8,11-14H2,1-2H3,(H2,20,24)(H,21,22);1H. The number of nitrogens with zero attached hydrogens (tertiary/aromatic N) is 2. The number of hydrogen-bond acceptors (Lipinski definition) is 4. The summed E-state index contributed by atoms with van der Waals surface area (Å²) in [5, 5.41) is 3.30. The summed E-state index contributed by atoms with van der Waals surface area (Å²) in [7, 11) is -1.69.